The number of Topliss-reactive ketones (excluding diaryl/α,β-unsaturated/α-hetero) is 1. The minimum Gasteiger partial charge on any atom is -0.457 e. The predicted octanol–water partition coefficient (Wildman–Crippen LogP) is 3.45. The van der Waals surface area contributed by atoms with Gasteiger partial charge in [-0.05, 0) is 38.8 Å². The third-order valence-corrected chi connectivity index (χ3v) is 4.70. The molecule has 0 unspecified atom stereocenters. The molecule has 6 nitrogen and oxygen atoms in total. The van der Waals surface area contributed by atoms with Gasteiger partial charge in [0.05, 0.1) is 5.69 Å². The molecule has 6 heteroatoms. The second-order valence-electron chi connectivity index (χ2n) is 6.41. The number of aryl methyl sites for hydroxylation is 3. The molecule has 1 aromatic carbocycles. The van der Waals surface area contributed by atoms with Crippen molar-refractivity contribution in [3.63, 3.8) is 0 Å². The van der Waals surface area contributed by atoms with Crippen molar-refractivity contribution in [2.24, 2.45) is 7.05 Å². The largest absolute Gasteiger partial charge is 0.457 e. The summed E-state index contributed by atoms with van der Waals surface area (Å²) in [7, 11) is 1.87. The van der Waals surface area contributed by atoms with Crippen LogP contribution in [0.2, 0.25) is 0 Å². The van der Waals surface area contributed by atoms with Gasteiger partial charge in [-0.3, -0.25) is 14.3 Å². The molecule has 3 aromatic rings. The number of rotatable bonds is 6. The molecule has 0 saturated carbocycles. The molecule has 2 aromatic heterocycles. The number of carbonyl (C=O) groups excluding carboxylic acids is 2. The first-order valence-electron chi connectivity index (χ1n) is 8.54. The van der Waals surface area contributed by atoms with Gasteiger partial charge in [0.15, 0.2) is 12.4 Å². The van der Waals surface area contributed by atoms with Gasteiger partial charge in [0.1, 0.15) is 5.58 Å². The van der Waals surface area contributed by atoms with Crippen molar-refractivity contribution in [2.75, 3.05) is 6.61 Å². The zero-order valence-electron chi connectivity index (χ0n) is 15.5. The summed E-state index contributed by atoms with van der Waals surface area (Å²) < 4.78 is 12.5. The number of ketones is 1. The molecule has 0 amide bonds. The van der Waals surface area contributed by atoms with E-state index in [0.717, 1.165) is 27.9 Å². The fraction of sp³-hybridized carbons (Fsp3) is 0.350. The average molecular weight is 354 g/mol. The molecule has 0 spiro atoms. The molecule has 0 aliphatic rings. The van der Waals surface area contributed by atoms with Gasteiger partial charge in [0, 0.05) is 30.1 Å². The molecule has 0 aliphatic carbocycles. The van der Waals surface area contributed by atoms with Gasteiger partial charge >= 0.3 is 5.97 Å². The minimum atomic E-state index is -0.408. The maximum Gasteiger partial charge on any atom is 0.306 e. The molecule has 3 rings (SSSR count). The number of esters is 1. The van der Waals surface area contributed by atoms with Crippen LogP contribution in [0.1, 0.15) is 39.5 Å². The van der Waals surface area contributed by atoms with Gasteiger partial charge in [0.2, 0.25) is 5.78 Å². The van der Waals surface area contributed by atoms with Gasteiger partial charge in [-0.15, -0.1) is 0 Å². The van der Waals surface area contributed by atoms with E-state index in [1.54, 1.807) is 4.68 Å². The minimum absolute atomic E-state index is 0.208. The Balaban J connectivity index is 1.58. The lowest BCUT2D eigenvalue weighted by Gasteiger charge is -2.04. The molecule has 2 heterocycles. The second-order valence-corrected chi connectivity index (χ2v) is 6.41. The van der Waals surface area contributed by atoms with Crippen molar-refractivity contribution < 1.29 is 18.7 Å². The monoisotopic (exact) mass is 354 g/mol. The molecular formula is C20H22N2O4. The van der Waals surface area contributed by atoms with Crippen LogP contribution in [0.25, 0.3) is 11.0 Å². The third kappa shape index (κ3) is 3.40. The smallest absolute Gasteiger partial charge is 0.306 e. The maximum absolute atomic E-state index is 12.3. The van der Waals surface area contributed by atoms with Crippen LogP contribution in [0.15, 0.2) is 28.7 Å². The number of furan rings is 1. The summed E-state index contributed by atoms with van der Waals surface area (Å²) in [6, 6.07) is 7.45. The van der Waals surface area contributed by atoms with Gasteiger partial charge in [-0.2, -0.15) is 5.10 Å². The first kappa shape index (κ1) is 17.9. The van der Waals surface area contributed by atoms with Crippen molar-refractivity contribution in [1.82, 2.24) is 9.78 Å². The molecule has 0 atom stereocenters. The van der Waals surface area contributed by atoms with Gasteiger partial charge in [0.25, 0.3) is 0 Å². The Morgan fingerprint density at radius 1 is 1.19 bits per heavy atom. The van der Waals surface area contributed by atoms with Gasteiger partial charge < -0.3 is 9.15 Å². The topological polar surface area (TPSA) is 74.3 Å². The zero-order chi connectivity index (χ0) is 18.8. The number of carbonyl (C=O) groups is 2. The predicted molar refractivity (Wildman–Crippen MR) is 97.2 cm³/mol. The van der Waals surface area contributed by atoms with E-state index in [4.69, 9.17) is 9.15 Å². The highest BCUT2D eigenvalue weighted by molar-refractivity contribution is 6.01. The van der Waals surface area contributed by atoms with E-state index in [1.807, 2.05) is 52.1 Å². The Labute approximate surface area is 151 Å². The molecule has 0 bridgehead atoms. The number of fused-ring (bicyclic) bond motifs is 1. The Hall–Kier alpha value is -2.89. The first-order chi connectivity index (χ1) is 12.4. The lowest BCUT2D eigenvalue weighted by molar-refractivity contribution is -0.142. The number of para-hydroxylation sites is 1. The summed E-state index contributed by atoms with van der Waals surface area (Å²) in [5.74, 6) is -0.492. The second kappa shape index (κ2) is 7.15. The van der Waals surface area contributed by atoms with Crippen LogP contribution in [0.3, 0.4) is 0 Å². The number of benzene rings is 1. The number of nitrogens with zero attached hydrogens (tertiary/aromatic N) is 2. The normalized spacial score (nSPS) is 11.1. The highest BCUT2D eigenvalue weighted by Crippen LogP contribution is 2.25. The lowest BCUT2D eigenvalue weighted by Crippen LogP contribution is -2.15. The molecular weight excluding hydrogens is 332 g/mol. The Bertz CT molecular complexity index is 981. The molecule has 0 fully saturated rings. The van der Waals surface area contributed by atoms with Crippen LogP contribution in [0.4, 0.5) is 0 Å². The molecule has 26 heavy (non-hydrogen) atoms. The number of ether oxygens (including phenoxy) is 1. The standard InChI is InChI=1S/C20H22N2O4/c1-12-15-7-5-6-8-18(15)26-20(12)17(23)11-25-19(24)10-9-16-13(2)21-22(4)14(16)3/h5-8H,9-11H2,1-4H3. The summed E-state index contributed by atoms with van der Waals surface area (Å²) in [4.78, 5) is 24.3. The Morgan fingerprint density at radius 3 is 2.58 bits per heavy atom. The van der Waals surface area contributed by atoms with E-state index in [1.165, 1.54) is 0 Å². The number of hydrogen-bond donors (Lipinski definition) is 0. The molecule has 0 radical (unpaired) electrons. The third-order valence-electron chi connectivity index (χ3n) is 4.70. The molecule has 0 N–H and O–H groups in total. The molecule has 136 valence electrons. The Kier molecular flexibility index (Phi) is 4.93. The van der Waals surface area contributed by atoms with Crippen molar-refractivity contribution in [2.45, 2.75) is 33.6 Å². The summed E-state index contributed by atoms with van der Waals surface area (Å²) in [6.45, 7) is 5.40. The highest BCUT2D eigenvalue weighted by Gasteiger charge is 2.19. The van der Waals surface area contributed by atoms with Crippen molar-refractivity contribution in [3.05, 3.63) is 52.5 Å². The zero-order valence-corrected chi connectivity index (χ0v) is 15.5. The summed E-state index contributed by atoms with van der Waals surface area (Å²) >= 11 is 0. The quantitative estimate of drug-likeness (QED) is 0.501. The summed E-state index contributed by atoms with van der Waals surface area (Å²) in [5.41, 5.74) is 4.41. The number of hydrogen-bond acceptors (Lipinski definition) is 5. The molecule has 0 saturated heterocycles. The van der Waals surface area contributed by atoms with E-state index < -0.39 is 5.97 Å². The summed E-state index contributed by atoms with van der Waals surface area (Å²) in [6.07, 6.45) is 0.752. The van der Waals surface area contributed by atoms with Crippen LogP contribution in [-0.4, -0.2) is 28.1 Å². The highest BCUT2D eigenvalue weighted by atomic mass is 16.5. The SMILES string of the molecule is Cc1nn(C)c(C)c1CCC(=O)OCC(=O)c1oc2ccccc2c1C. The van der Waals surface area contributed by atoms with E-state index in [2.05, 4.69) is 5.10 Å². The van der Waals surface area contributed by atoms with E-state index >= 15 is 0 Å². The van der Waals surface area contributed by atoms with Crippen molar-refractivity contribution in [3.8, 4) is 0 Å². The van der Waals surface area contributed by atoms with E-state index in [-0.39, 0.29) is 24.6 Å². The number of aromatic nitrogens is 2. The van der Waals surface area contributed by atoms with Crippen LogP contribution in [0.5, 0.6) is 0 Å². The van der Waals surface area contributed by atoms with Crippen LogP contribution >= 0.6 is 0 Å². The lowest BCUT2D eigenvalue weighted by atomic mass is 10.1. The average Bonchev–Trinajstić information content (AvgIpc) is 3.08. The van der Waals surface area contributed by atoms with Gasteiger partial charge in [-0.1, -0.05) is 18.2 Å². The summed E-state index contributed by atoms with van der Waals surface area (Å²) in [5, 5.41) is 5.22. The van der Waals surface area contributed by atoms with Crippen LogP contribution in [-0.2, 0) is 23.0 Å². The van der Waals surface area contributed by atoms with Gasteiger partial charge in [-0.25, -0.2) is 0 Å². The van der Waals surface area contributed by atoms with Crippen molar-refractivity contribution in [1.29, 1.82) is 0 Å². The van der Waals surface area contributed by atoms with Crippen LogP contribution < -0.4 is 0 Å². The fourth-order valence-electron chi connectivity index (χ4n) is 3.13. The van der Waals surface area contributed by atoms with Crippen molar-refractivity contribution >= 4 is 22.7 Å². The maximum atomic E-state index is 12.3. The van der Waals surface area contributed by atoms with E-state index in [9.17, 15) is 9.59 Å². The Morgan fingerprint density at radius 2 is 1.92 bits per heavy atom. The molecule has 0 aliphatic heterocycles. The first-order valence-corrected chi connectivity index (χ1v) is 8.54. The van der Waals surface area contributed by atoms with Crippen LogP contribution in [0, 0.1) is 20.8 Å². The van der Waals surface area contributed by atoms with E-state index in [0.29, 0.717) is 12.0 Å². The fourth-order valence-corrected chi connectivity index (χ4v) is 3.13.